The van der Waals surface area contributed by atoms with Crippen LogP contribution in [0.25, 0.3) is 6.08 Å². The van der Waals surface area contributed by atoms with Crippen LogP contribution in [0.1, 0.15) is 30.1 Å². The van der Waals surface area contributed by atoms with Crippen molar-refractivity contribution in [2.75, 3.05) is 14.2 Å². The normalized spacial score (nSPS) is 13.2. The van der Waals surface area contributed by atoms with Gasteiger partial charge >= 0.3 is 8.56 Å². The van der Waals surface area contributed by atoms with Gasteiger partial charge in [0.25, 0.3) is 0 Å². The summed E-state index contributed by atoms with van der Waals surface area (Å²) in [5.41, 5.74) is 2.00. The minimum absolute atomic E-state index is 0.319. The van der Waals surface area contributed by atoms with Crippen molar-refractivity contribution in [2.24, 2.45) is 0 Å². The summed E-state index contributed by atoms with van der Waals surface area (Å²) in [5.74, 6) is 0. The van der Waals surface area contributed by atoms with Crippen molar-refractivity contribution in [3.05, 3.63) is 42.0 Å². The molecule has 0 bridgehead atoms. The van der Waals surface area contributed by atoms with Crippen LogP contribution in [0.4, 0.5) is 0 Å². The molecule has 20 heavy (non-hydrogen) atoms. The molecule has 0 aliphatic rings. The van der Waals surface area contributed by atoms with Crippen LogP contribution in [-0.2, 0) is 13.7 Å². The summed E-state index contributed by atoms with van der Waals surface area (Å²) in [5, 5.41) is 9.08. The molecule has 1 aromatic rings. The summed E-state index contributed by atoms with van der Waals surface area (Å²) < 4.78 is 10.9. The summed E-state index contributed by atoms with van der Waals surface area (Å²) in [4.78, 5) is 4.60. The van der Waals surface area contributed by atoms with E-state index in [0.717, 1.165) is 30.0 Å². The lowest BCUT2D eigenvalue weighted by atomic mass is 10.0. The van der Waals surface area contributed by atoms with E-state index in [9.17, 15) is 0 Å². The van der Waals surface area contributed by atoms with E-state index in [0.29, 0.717) is 0 Å². The third kappa shape index (κ3) is 4.85. The third-order valence-corrected chi connectivity index (χ3v) is 6.62. The molecule has 0 radical (unpaired) electrons. The maximum atomic E-state index is 9.08. The lowest BCUT2D eigenvalue weighted by Crippen LogP contribution is -2.35. The highest BCUT2D eigenvalue weighted by Gasteiger charge is 2.28. The maximum Gasteiger partial charge on any atom is 0.334 e. The van der Waals surface area contributed by atoms with E-state index in [-0.39, 0.29) is 6.10 Å². The molecule has 0 aliphatic heterocycles. The average Bonchev–Trinajstić information content (AvgIpc) is 2.51. The largest absolute Gasteiger partial charge is 0.398 e. The smallest absolute Gasteiger partial charge is 0.334 e. The van der Waals surface area contributed by atoms with Crippen LogP contribution in [-0.4, -0.2) is 28.0 Å². The SMILES string of the molecule is C=Cc1ccc(C(CCC[Si](C)(OC)OC)OO)cc1. The van der Waals surface area contributed by atoms with Gasteiger partial charge in [0.15, 0.2) is 0 Å². The first-order chi connectivity index (χ1) is 9.58. The van der Waals surface area contributed by atoms with E-state index in [4.69, 9.17) is 14.1 Å². The van der Waals surface area contributed by atoms with Crippen molar-refractivity contribution in [3.8, 4) is 0 Å². The summed E-state index contributed by atoms with van der Waals surface area (Å²) >= 11 is 0. The molecule has 0 aromatic heterocycles. The summed E-state index contributed by atoms with van der Waals surface area (Å²) in [6.07, 6.45) is 3.06. The minimum Gasteiger partial charge on any atom is -0.398 e. The molecule has 1 unspecified atom stereocenters. The van der Waals surface area contributed by atoms with E-state index in [2.05, 4.69) is 11.5 Å². The number of benzene rings is 1. The highest BCUT2D eigenvalue weighted by Crippen LogP contribution is 2.25. The van der Waals surface area contributed by atoms with Crippen LogP contribution < -0.4 is 0 Å². The number of rotatable bonds is 9. The van der Waals surface area contributed by atoms with Gasteiger partial charge in [0.2, 0.25) is 0 Å². The molecular formula is C15H24O4Si. The Morgan fingerprint density at radius 3 is 2.30 bits per heavy atom. The molecule has 1 rings (SSSR count). The first-order valence-electron chi connectivity index (χ1n) is 6.71. The Kier molecular flexibility index (Phi) is 7.11. The van der Waals surface area contributed by atoms with Gasteiger partial charge in [-0.2, -0.15) is 0 Å². The molecule has 4 nitrogen and oxygen atoms in total. The van der Waals surface area contributed by atoms with Crippen LogP contribution >= 0.6 is 0 Å². The number of hydrogen-bond donors (Lipinski definition) is 1. The highest BCUT2D eigenvalue weighted by atomic mass is 28.4. The van der Waals surface area contributed by atoms with Crippen LogP contribution in [0.2, 0.25) is 12.6 Å². The van der Waals surface area contributed by atoms with Crippen LogP contribution in [0.3, 0.4) is 0 Å². The number of hydrogen-bond acceptors (Lipinski definition) is 4. The molecule has 0 fully saturated rings. The van der Waals surface area contributed by atoms with Crippen LogP contribution in [0, 0.1) is 0 Å². The molecule has 0 heterocycles. The minimum atomic E-state index is -2.04. The standard InChI is InChI=1S/C15H24O4Si/c1-5-13-8-10-14(11-9-13)15(19-16)7-6-12-20(4,17-2)18-3/h5,8-11,15-16H,1,6-7,12H2,2-4H3. The van der Waals surface area contributed by atoms with Crippen molar-refractivity contribution in [1.82, 2.24) is 0 Å². The second-order valence-corrected chi connectivity index (χ2v) is 8.48. The first-order valence-corrected chi connectivity index (χ1v) is 9.24. The summed E-state index contributed by atoms with van der Waals surface area (Å²) in [6, 6.07) is 8.67. The zero-order valence-electron chi connectivity index (χ0n) is 12.5. The Morgan fingerprint density at radius 2 is 1.85 bits per heavy atom. The molecule has 5 heteroatoms. The fraction of sp³-hybridized carbons (Fsp3) is 0.467. The second kappa shape index (κ2) is 8.34. The van der Waals surface area contributed by atoms with Crippen molar-refractivity contribution < 1.29 is 19.0 Å². The lowest BCUT2D eigenvalue weighted by molar-refractivity contribution is -0.283. The Morgan fingerprint density at radius 1 is 1.25 bits per heavy atom. The third-order valence-electron chi connectivity index (χ3n) is 3.63. The predicted octanol–water partition coefficient (Wildman–Crippen LogP) is 4.01. The van der Waals surface area contributed by atoms with Crippen LogP contribution in [0.15, 0.2) is 30.8 Å². The van der Waals surface area contributed by atoms with Crippen molar-refractivity contribution in [2.45, 2.75) is 31.5 Å². The summed E-state index contributed by atoms with van der Waals surface area (Å²) in [6.45, 7) is 5.75. The van der Waals surface area contributed by atoms with Gasteiger partial charge in [0.1, 0.15) is 6.10 Å². The van der Waals surface area contributed by atoms with Gasteiger partial charge in [-0.15, -0.1) is 0 Å². The zero-order valence-corrected chi connectivity index (χ0v) is 13.5. The van der Waals surface area contributed by atoms with Crippen molar-refractivity contribution in [3.63, 3.8) is 0 Å². The molecule has 1 atom stereocenters. The monoisotopic (exact) mass is 296 g/mol. The van der Waals surface area contributed by atoms with E-state index < -0.39 is 8.56 Å². The van der Waals surface area contributed by atoms with Gasteiger partial charge in [-0.25, -0.2) is 4.89 Å². The van der Waals surface area contributed by atoms with E-state index in [1.165, 1.54) is 0 Å². The van der Waals surface area contributed by atoms with Crippen molar-refractivity contribution in [1.29, 1.82) is 0 Å². The molecule has 0 amide bonds. The van der Waals surface area contributed by atoms with E-state index in [1.54, 1.807) is 20.3 Å². The molecular weight excluding hydrogens is 272 g/mol. The zero-order chi connectivity index (χ0) is 15.0. The van der Waals surface area contributed by atoms with Gasteiger partial charge in [-0.05, 0) is 36.6 Å². The average molecular weight is 296 g/mol. The maximum absolute atomic E-state index is 9.08. The van der Waals surface area contributed by atoms with Gasteiger partial charge in [-0.3, -0.25) is 5.26 Å². The predicted molar refractivity (Wildman–Crippen MR) is 82.7 cm³/mol. The molecule has 112 valence electrons. The van der Waals surface area contributed by atoms with Gasteiger partial charge in [0.05, 0.1) is 0 Å². The Labute approximate surface area is 122 Å². The second-order valence-electron chi connectivity index (χ2n) is 4.90. The Balaban J connectivity index is 2.56. The van der Waals surface area contributed by atoms with Crippen LogP contribution in [0.5, 0.6) is 0 Å². The fourth-order valence-electron chi connectivity index (χ4n) is 2.02. The first kappa shape index (κ1) is 17.1. The topological polar surface area (TPSA) is 47.9 Å². The molecule has 1 aromatic carbocycles. The van der Waals surface area contributed by atoms with Gasteiger partial charge < -0.3 is 8.85 Å². The molecule has 0 aliphatic carbocycles. The van der Waals surface area contributed by atoms with Crippen molar-refractivity contribution >= 4 is 14.6 Å². The molecule has 0 saturated carbocycles. The quantitative estimate of drug-likeness (QED) is 0.425. The Hall–Kier alpha value is -0.983. The van der Waals surface area contributed by atoms with E-state index >= 15 is 0 Å². The van der Waals surface area contributed by atoms with Gasteiger partial charge in [0, 0.05) is 14.2 Å². The summed E-state index contributed by atoms with van der Waals surface area (Å²) in [7, 11) is 1.33. The molecule has 0 saturated heterocycles. The van der Waals surface area contributed by atoms with Gasteiger partial charge in [-0.1, -0.05) is 36.9 Å². The fourth-order valence-corrected chi connectivity index (χ4v) is 3.44. The molecule has 1 N–H and O–H groups in total. The Bertz CT molecular complexity index is 401. The van der Waals surface area contributed by atoms with E-state index in [1.807, 2.05) is 30.8 Å². The highest BCUT2D eigenvalue weighted by molar-refractivity contribution is 6.65. The molecule has 0 spiro atoms. The lowest BCUT2D eigenvalue weighted by Gasteiger charge is -2.23.